The Balaban J connectivity index is 2.14. The predicted molar refractivity (Wildman–Crippen MR) is 97.7 cm³/mol. The standard InChI is InChI=1S/C19H21ClSi/c1-3-13-21(2,20)14-16-8-6-10-19-17-9-5-4-7-15(17)11-12-18(16)19/h4-12H,3,13-14H2,1-2H3. The van der Waals surface area contributed by atoms with Crippen molar-refractivity contribution < 1.29 is 0 Å². The number of fused-ring (bicyclic) bond motifs is 3. The van der Waals surface area contributed by atoms with Crippen LogP contribution in [0.25, 0.3) is 21.5 Å². The molecule has 2 heteroatoms. The Bertz CT molecular complexity index is 777. The number of halogens is 1. The Labute approximate surface area is 132 Å². The van der Waals surface area contributed by atoms with E-state index in [9.17, 15) is 0 Å². The zero-order chi connectivity index (χ0) is 14.9. The summed E-state index contributed by atoms with van der Waals surface area (Å²) in [5.41, 5.74) is 1.41. The number of hydrogen-bond acceptors (Lipinski definition) is 0. The highest BCUT2D eigenvalue weighted by molar-refractivity contribution is 7.19. The van der Waals surface area contributed by atoms with E-state index in [4.69, 9.17) is 11.1 Å². The molecule has 0 aliphatic heterocycles. The van der Waals surface area contributed by atoms with Crippen LogP contribution >= 0.6 is 11.1 Å². The van der Waals surface area contributed by atoms with Crippen molar-refractivity contribution in [1.82, 2.24) is 0 Å². The monoisotopic (exact) mass is 312 g/mol. The SMILES string of the molecule is CCC[Si](C)(Cl)Cc1cccc2c1ccc1ccccc12. The largest absolute Gasteiger partial charge is 0.167 e. The molecule has 1 unspecified atom stereocenters. The molecule has 0 fully saturated rings. The van der Waals surface area contributed by atoms with Gasteiger partial charge < -0.3 is 0 Å². The van der Waals surface area contributed by atoms with Crippen LogP contribution in [0.4, 0.5) is 0 Å². The van der Waals surface area contributed by atoms with Crippen LogP contribution in [0.2, 0.25) is 12.6 Å². The van der Waals surface area contributed by atoms with Gasteiger partial charge in [-0.15, -0.1) is 0 Å². The molecule has 0 radical (unpaired) electrons. The minimum absolute atomic E-state index is 1.05. The highest BCUT2D eigenvalue weighted by Crippen LogP contribution is 2.31. The molecule has 0 nitrogen and oxygen atoms in total. The Morgan fingerprint density at radius 1 is 0.857 bits per heavy atom. The summed E-state index contributed by atoms with van der Waals surface area (Å²) in [6.07, 6.45) is 1.18. The van der Waals surface area contributed by atoms with Gasteiger partial charge in [0.15, 0.2) is 7.38 Å². The van der Waals surface area contributed by atoms with Crippen molar-refractivity contribution >= 4 is 40.0 Å². The van der Waals surface area contributed by atoms with Crippen molar-refractivity contribution in [3.05, 3.63) is 60.2 Å². The van der Waals surface area contributed by atoms with Gasteiger partial charge >= 0.3 is 0 Å². The van der Waals surface area contributed by atoms with E-state index in [-0.39, 0.29) is 0 Å². The Morgan fingerprint density at radius 2 is 1.62 bits per heavy atom. The van der Waals surface area contributed by atoms with Gasteiger partial charge in [-0.25, -0.2) is 0 Å². The predicted octanol–water partition coefficient (Wildman–Crippen LogP) is 6.30. The summed E-state index contributed by atoms with van der Waals surface area (Å²) in [6.45, 7) is 4.52. The molecular weight excluding hydrogens is 292 g/mol. The summed E-state index contributed by atoms with van der Waals surface area (Å²) in [5, 5.41) is 5.36. The molecule has 21 heavy (non-hydrogen) atoms. The Kier molecular flexibility index (Phi) is 4.05. The highest BCUT2D eigenvalue weighted by atomic mass is 35.6. The lowest BCUT2D eigenvalue weighted by molar-refractivity contribution is 1.04. The first kappa shape index (κ1) is 14.6. The molecule has 0 heterocycles. The average molecular weight is 313 g/mol. The van der Waals surface area contributed by atoms with E-state index in [1.807, 2.05) is 0 Å². The van der Waals surface area contributed by atoms with Crippen LogP contribution in [0.1, 0.15) is 18.9 Å². The van der Waals surface area contributed by atoms with E-state index in [1.54, 1.807) is 0 Å². The van der Waals surface area contributed by atoms with Crippen LogP contribution in [0.5, 0.6) is 0 Å². The van der Waals surface area contributed by atoms with E-state index in [2.05, 4.69) is 68.1 Å². The summed E-state index contributed by atoms with van der Waals surface area (Å²) in [5.74, 6) is 0. The van der Waals surface area contributed by atoms with Crippen molar-refractivity contribution in [1.29, 1.82) is 0 Å². The first-order chi connectivity index (χ1) is 10.1. The van der Waals surface area contributed by atoms with E-state index in [0.717, 1.165) is 6.04 Å². The quantitative estimate of drug-likeness (QED) is 0.301. The summed E-state index contributed by atoms with van der Waals surface area (Å²) in [4.78, 5) is 0. The molecule has 0 aliphatic carbocycles. The smallest absolute Gasteiger partial charge is 0.157 e. The molecule has 0 saturated heterocycles. The van der Waals surface area contributed by atoms with Crippen LogP contribution in [-0.2, 0) is 6.04 Å². The molecule has 0 N–H and O–H groups in total. The van der Waals surface area contributed by atoms with Gasteiger partial charge in [0, 0.05) is 0 Å². The minimum atomic E-state index is -1.66. The molecule has 0 aliphatic rings. The van der Waals surface area contributed by atoms with Crippen molar-refractivity contribution in [3.8, 4) is 0 Å². The number of rotatable bonds is 4. The summed E-state index contributed by atoms with van der Waals surface area (Å²) >= 11 is 6.83. The zero-order valence-electron chi connectivity index (χ0n) is 12.7. The highest BCUT2D eigenvalue weighted by Gasteiger charge is 2.24. The maximum absolute atomic E-state index is 6.83. The molecule has 0 bridgehead atoms. The molecule has 0 saturated carbocycles. The van der Waals surface area contributed by atoms with Gasteiger partial charge in [0.1, 0.15) is 0 Å². The number of hydrogen-bond donors (Lipinski definition) is 0. The minimum Gasteiger partial charge on any atom is -0.167 e. The van der Waals surface area contributed by atoms with Crippen molar-refractivity contribution in [2.75, 3.05) is 0 Å². The number of benzene rings is 3. The first-order valence-corrected chi connectivity index (χ1v) is 11.6. The Morgan fingerprint density at radius 3 is 2.43 bits per heavy atom. The fourth-order valence-electron chi connectivity index (χ4n) is 3.27. The maximum atomic E-state index is 6.83. The molecule has 108 valence electrons. The van der Waals surface area contributed by atoms with Gasteiger partial charge in [-0.2, -0.15) is 11.1 Å². The Hall–Kier alpha value is -1.31. The lowest BCUT2D eigenvalue weighted by Gasteiger charge is -2.20. The van der Waals surface area contributed by atoms with Gasteiger partial charge in [0.05, 0.1) is 0 Å². The van der Waals surface area contributed by atoms with Gasteiger partial charge in [0.25, 0.3) is 0 Å². The van der Waals surface area contributed by atoms with Crippen molar-refractivity contribution in [2.24, 2.45) is 0 Å². The fraction of sp³-hybridized carbons (Fsp3) is 0.263. The molecular formula is C19H21ClSi. The second kappa shape index (κ2) is 5.82. The van der Waals surface area contributed by atoms with Crippen LogP contribution < -0.4 is 0 Å². The maximum Gasteiger partial charge on any atom is 0.157 e. The topological polar surface area (TPSA) is 0 Å². The molecule has 0 spiro atoms. The molecule has 3 rings (SSSR count). The molecule has 3 aromatic carbocycles. The van der Waals surface area contributed by atoms with E-state index < -0.39 is 7.38 Å². The third-order valence-corrected chi connectivity index (χ3v) is 7.84. The van der Waals surface area contributed by atoms with Gasteiger partial charge in [-0.3, -0.25) is 0 Å². The van der Waals surface area contributed by atoms with Gasteiger partial charge in [-0.05, 0) is 39.2 Å². The third-order valence-electron chi connectivity index (χ3n) is 4.21. The molecule has 0 aromatic heterocycles. The molecule has 0 amide bonds. The average Bonchev–Trinajstić information content (AvgIpc) is 2.47. The van der Waals surface area contributed by atoms with Crippen LogP contribution in [0.3, 0.4) is 0 Å². The van der Waals surface area contributed by atoms with Crippen LogP contribution in [-0.4, -0.2) is 7.38 Å². The van der Waals surface area contributed by atoms with E-state index in [0.29, 0.717) is 0 Å². The lowest BCUT2D eigenvalue weighted by atomic mass is 9.99. The van der Waals surface area contributed by atoms with Crippen molar-refractivity contribution in [3.63, 3.8) is 0 Å². The van der Waals surface area contributed by atoms with Crippen molar-refractivity contribution in [2.45, 2.75) is 32.0 Å². The second-order valence-corrected chi connectivity index (χ2v) is 12.6. The lowest BCUT2D eigenvalue weighted by Crippen LogP contribution is -2.25. The molecule has 1 atom stereocenters. The van der Waals surface area contributed by atoms with E-state index in [1.165, 1.54) is 39.6 Å². The normalized spacial score (nSPS) is 14.4. The second-order valence-electron chi connectivity index (χ2n) is 6.14. The van der Waals surface area contributed by atoms with Gasteiger partial charge in [0.2, 0.25) is 0 Å². The summed E-state index contributed by atoms with van der Waals surface area (Å²) in [7, 11) is -1.66. The molecule has 3 aromatic rings. The van der Waals surface area contributed by atoms with Crippen LogP contribution in [0.15, 0.2) is 54.6 Å². The fourth-order valence-corrected chi connectivity index (χ4v) is 6.59. The van der Waals surface area contributed by atoms with Gasteiger partial charge in [-0.1, -0.05) is 74.5 Å². The third kappa shape index (κ3) is 2.99. The first-order valence-electron chi connectivity index (χ1n) is 7.69. The summed E-state index contributed by atoms with van der Waals surface area (Å²) in [6, 6.07) is 22.0. The van der Waals surface area contributed by atoms with Crippen LogP contribution in [0, 0.1) is 0 Å². The summed E-state index contributed by atoms with van der Waals surface area (Å²) < 4.78 is 0. The zero-order valence-corrected chi connectivity index (χ0v) is 14.5. The van der Waals surface area contributed by atoms with E-state index >= 15 is 0 Å².